The third kappa shape index (κ3) is 9.10. The van der Waals surface area contributed by atoms with Gasteiger partial charge in [-0.05, 0) is 12.3 Å². The van der Waals surface area contributed by atoms with Crippen LogP contribution >= 0.6 is 0 Å². The molecule has 1 radical (unpaired) electrons. The third-order valence-electron chi connectivity index (χ3n) is 3.28. The summed E-state index contributed by atoms with van der Waals surface area (Å²) in [5, 5.41) is 10.5. The summed E-state index contributed by atoms with van der Waals surface area (Å²) in [5.74, 6) is -2.01. The van der Waals surface area contributed by atoms with E-state index in [1.807, 2.05) is 13.3 Å². The number of unbranched alkanes of at least 4 members (excludes halogenated alkanes) is 1. The molecule has 0 bridgehead atoms. The highest BCUT2D eigenvalue weighted by molar-refractivity contribution is 5.93. The van der Waals surface area contributed by atoms with E-state index in [0.717, 1.165) is 30.6 Å². The monoisotopic (exact) mass is 313 g/mol. The van der Waals surface area contributed by atoms with Gasteiger partial charge in [-0.2, -0.15) is 0 Å². The topological polar surface area (TPSA) is 104 Å². The van der Waals surface area contributed by atoms with Gasteiger partial charge in [0.15, 0.2) is 0 Å². The Kier molecular flexibility index (Phi) is 10.7. The summed E-state index contributed by atoms with van der Waals surface area (Å²) < 4.78 is 0. The molecule has 0 aliphatic heterocycles. The van der Waals surface area contributed by atoms with E-state index in [1.165, 1.54) is 0 Å². The number of nitrogens with zero attached hydrogens (tertiary/aromatic N) is 1. The highest BCUT2D eigenvalue weighted by atomic mass is 16.4. The molecule has 1 atom stereocenters. The van der Waals surface area contributed by atoms with Gasteiger partial charge in [0.05, 0.1) is 0 Å². The van der Waals surface area contributed by atoms with Crippen molar-refractivity contribution in [3.8, 4) is 0 Å². The molecule has 0 aliphatic rings. The van der Waals surface area contributed by atoms with Gasteiger partial charge in [0.2, 0.25) is 18.2 Å². The summed E-state index contributed by atoms with van der Waals surface area (Å²) >= 11 is 0. The van der Waals surface area contributed by atoms with E-state index in [2.05, 4.69) is 12.2 Å². The number of hydrogen-bond acceptors (Lipinski definition) is 4. The van der Waals surface area contributed by atoms with Crippen molar-refractivity contribution in [2.75, 3.05) is 13.1 Å². The Morgan fingerprint density at radius 1 is 1.27 bits per heavy atom. The first-order valence-corrected chi connectivity index (χ1v) is 7.51. The molecule has 7 heteroatoms. The molecule has 0 saturated heterocycles. The van der Waals surface area contributed by atoms with Crippen LogP contribution in [0.3, 0.4) is 0 Å². The molecular weight excluding hydrogens is 288 g/mol. The first-order valence-electron chi connectivity index (χ1n) is 7.51. The maximum absolute atomic E-state index is 11.9. The second kappa shape index (κ2) is 11.7. The van der Waals surface area contributed by atoms with Crippen molar-refractivity contribution in [3.05, 3.63) is 6.42 Å². The smallest absolute Gasteiger partial charge is 0.322 e. The van der Waals surface area contributed by atoms with Crippen molar-refractivity contribution in [1.82, 2.24) is 10.2 Å². The van der Waals surface area contributed by atoms with Crippen molar-refractivity contribution in [3.63, 3.8) is 0 Å². The predicted molar refractivity (Wildman–Crippen MR) is 80.6 cm³/mol. The maximum atomic E-state index is 11.9. The number of hydrogen-bond donors (Lipinski definition) is 2. The van der Waals surface area contributed by atoms with Crippen LogP contribution < -0.4 is 5.32 Å². The Bertz CT molecular complexity index is 384. The van der Waals surface area contributed by atoms with Gasteiger partial charge in [0, 0.05) is 6.42 Å². The SMILES string of the molecule is CCCCC([CH]CC(=O)N(C=O)CC(=O)NCC(=O)O)CC. The predicted octanol–water partition coefficient (Wildman–Crippen LogP) is 0.983. The van der Waals surface area contributed by atoms with Gasteiger partial charge in [-0.1, -0.05) is 39.5 Å². The minimum atomic E-state index is -1.19. The molecular formula is C15H25N2O5. The zero-order valence-electron chi connectivity index (χ0n) is 13.2. The van der Waals surface area contributed by atoms with E-state index >= 15 is 0 Å². The van der Waals surface area contributed by atoms with Gasteiger partial charge < -0.3 is 10.4 Å². The molecule has 0 fully saturated rings. The number of carbonyl (C=O) groups excluding carboxylic acids is 3. The Morgan fingerprint density at radius 3 is 2.45 bits per heavy atom. The fraction of sp³-hybridized carbons (Fsp3) is 0.667. The van der Waals surface area contributed by atoms with Crippen molar-refractivity contribution in [2.45, 2.75) is 46.0 Å². The van der Waals surface area contributed by atoms with Crippen LogP contribution in [0.25, 0.3) is 0 Å². The summed E-state index contributed by atoms with van der Waals surface area (Å²) in [6, 6.07) is 0. The lowest BCUT2D eigenvalue weighted by atomic mass is 9.94. The van der Waals surface area contributed by atoms with E-state index in [0.29, 0.717) is 12.3 Å². The average Bonchev–Trinajstić information content (AvgIpc) is 2.50. The van der Waals surface area contributed by atoms with Crippen molar-refractivity contribution in [2.24, 2.45) is 5.92 Å². The Labute approximate surface area is 131 Å². The second-order valence-electron chi connectivity index (χ2n) is 5.05. The van der Waals surface area contributed by atoms with Gasteiger partial charge in [-0.15, -0.1) is 0 Å². The molecule has 0 saturated carbocycles. The summed E-state index contributed by atoms with van der Waals surface area (Å²) in [7, 11) is 0. The van der Waals surface area contributed by atoms with E-state index in [4.69, 9.17) is 5.11 Å². The first kappa shape index (κ1) is 20.1. The molecule has 2 N–H and O–H groups in total. The van der Waals surface area contributed by atoms with Crippen molar-refractivity contribution >= 4 is 24.2 Å². The van der Waals surface area contributed by atoms with Crippen LogP contribution in [0.4, 0.5) is 0 Å². The number of amides is 3. The van der Waals surface area contributed by atoms with E-state index < -0.39 is 30.9 Å². The van der Waals surface area contributed by atoms with Gasteiger partial charge >= 0.3 is 5.97 Å². The van der Waals surface area contributed by atoms with Crippen LogP contribution in [0.1, 0.15) is 46.0 Å². The third-order valence-corrected chi connectivity index (χ3v) is 3.28. The zero-order chi connectivity index (χ0) is 17.0. The Hall–Kier alpha value is -1.92. The Balaban J connectivity index is 4.25. The molecule has 0 aromatic heterocycles. The van der Waals surface area contributed by atoms with Crippen LogP contribution in [-0.4, -0.2) is 47.3 Å². The van der Waals surface area contributed by atoms with Crippen LogP contribution in [-0.2, 0) is 19.2 Å². The molecule has 0 aliphatic carbocycles. The molecule has 125 valence electrons. The minimum absolute atomic E-state index is 0.0904. The largest absolute Gasteiger partial charge is 0.480 e. The molecule has 0 heterocycles. The lowest BCUT2D eigenvalue weighted by molar-refractivity contribution is -0.142. The van der Waals surface area contributed by atoms with Gasteiger partial charge in [0.1, 0.15) is 13.1 Å². The number of carbonyl (C=O) groups is 4. The number of carboxylic acids is 1. The number of imide groups is 1. The number of rotatable bonds is 12. The van der Waals surface area contributed by atoms with Crippen molar-refractivity contribution in [1.29, 1.82) is 0 Å². The van der Waals surface area contributed by atoms with Crippen LogP contribution in [0.2, 0.25) is 0 Å². The quantitative estimate of drug-likeness (QED) is 0.523. The van der Waals surface area contributed by atoms with E-state index in [1.54, 1.807) is 0 Å². The van der Waals surface area contributed by atoms with Crippen LogP contribution in [0, 0.1) is 12.3 Å². The molecule has 3 amide bonds. The Morgan fingerprint density at radius 2 is 1.95 bits per heavy atom. The number of nitrogens with one attached hydrogen (secondary N) is 1. The van der Waals surface area contributed by atoms with Crippen molar-refractivity contribution < 1.29 is 24.3 Å². The van der Waals surface area contributed by atoms with Crippen LogP contribution in [0.15, 0.2) is 0 Å². The summed E-state index contributed by atoms with van der Waals surface area (Å²) in [6.45, 7) is 3.13. The zero-order valence-corrected chi connectivity index (χ0v) is 13.2. The second-order valence-corrected chi connectivity index (χ2v) is 5.05. The standard InChI is InChI=1S/C15H25N2O5/c1-3-5-6-12(4-2)7-8-14(20)17(11-18)10-13(19)16-9-15(21)22/h7,11-12H,3-6,8-10H2,1-2H3,(H,16,19)(H,21,22). The highest BCUT2D eigenvalue weighted by Crippen LogP contribution is 2.17. The molecule has 22 heavy (non-hydrogen) atoms. The molecule has 0 spiro atoms. The van der Waals surface area contributed by atoms with E-state index in [-0.39, 0.29) is 6.42 Å². The highest BCUT2D eigenvalue weighted by Gasteiger charge is 2.18. The maximum Gasteiger partial charge on any atom is 0.322 e. The molecule has 0 aromatic rings. The fourth-order valence-corrected chi connectivity index (χ4v) is 1.91. The molecule has 0 aromatic carbocycles. The lowest BCUT2D eigenvalue weighted by Gasteiger charge is -2.17. The van der Waals surface area contributed by atoms with Gasteiger partial charge in [-0.25, -0.2) is 0 Å². The molecule has 1 unspecified atom stereocenters. The summed E-state index contributed by atoms with van der Waals surface area (Å²) in [4.78, 5) is 45.3. The fourth-order valence-electron chi connectivity index (χ4n) is 1.91. The molecule has 0 rings (SSSR count). The number of carboxylic acid groups (broad SMARTS) is 1. The first-order chi connectivity index (χ1) is 10.4. The summed E-state index contributed by atoms with van der Waals surface area (Å²) in [5.41, 5.74) is 0. The van der Waals surface area contributed by atoms with E-state index in [9.17, 15) is 19.2 Å². The van der Waals surface area contributed by atoms with Crippen LogP contribution in [0.5, 0.6) is 0 Å². The lowest BCUT2D eigenvalue weighted by Crippen LogP contribution is -2.41. The van der Waals surface area contributed by atoms with Gasteiger partial charge in [-0.3, -0.25) is 24.1 Å². The molecule has 7 nitrogen and oxygen atoms in total. The van der Waals surface area contributed by atoms with Gasteiger partial charge in [0.25, 0.3) is 0 Å². The minimum Gasteiger partial charge on any atom is -0.480 e. The average molecular weight is 313 g/mol. The normalized spacial score (nSPS) is 11.5. The summed E-state index contributed by atoms with van der Waals surface area (Å²) in [6.07, 6.45) is 6.36. The number of aliphatic carboxylic acids is 1.